The minimum absolute atomic E-state index is 0.0849. The quantitative estimate of drug-likeness (QED) is 0.551. The fraction of sp³-hybridized carbons (Fsp3) is 0.500. The Morgan fingerprint density at radius 3 is 2.61 bits per heavy atom. The number of nitrogens with zero attached hydrogens (tertiary/aromatic N) is 1. The summed E-state index contributed by atoms with van der Waals surface area (Å²) in [5.74, 6) is 0.582. The van der Waals surface area contributed by atoms with E-state index in [1.165, 1.54) is 0 Å². The highest BCUT2D eigenvalue weighted by Crippen LogP contribution is 2.12. The van der Waals surface area contributed by atoms with Crippen LogP contribution in [0.4, 0.5) is 0 Å². The lowest BCUT2D eigenvalue weighted by atomic mass is 10.1. The molecule has 1 aromatic rings. The van der Waals surface area contributed by atoms with Crippen LogP contribution >= 0.6 is 0 Å². The summed E-state index contributed by atoms with van der Waals surface area (Å²) in [5, 5.41) is 19.4. The molecule has 1 rings (SSSR count). The largest absolute Gasteiger partial charge is 0.491 e. The van der Waals surface area contributed by atoms with Gasteiger partial charge in [-0.1, -0.05) is 12.1 Å². The standard InChI is InChI=1S/C12H17NO5/c1-17-7-6-10-2-4-12(5-3-10)18-9-11(14)8-13(15)16/h2-5,11,14H,6-9H2,1H3. The van der Waals surface area contributed by atoms with Crippen LogP contribution in [0.3, 0.4) is 0 Å². The monoisotopic (exact) mass is 255 g/mol. The molecule has 0 saturated heterocycles. The van der Waals surface area contributed by atoms with Gasteiger partial charge in [-0.15, -0.1) is 0 Å². The minimum atomic E-state index is -1.09. The molecule has 0 aliphatic heterocycles. The van der Waals surface area contributed by atoms with Gasteiger partial charge in [0.05, 0.1) is 6.61 Å². The molecule has 6 nitrogen and oxygen atoms in total. The first-order valence-electron chi connectivity index (χ1n) is 5.62. The second kappa shape index (κ2) is 7.62. The molecular formula is C12H17NO5. The van der Waals surface area contributed by atoms with E-state index >= 15 is 0 Å². The van der Waals surface area contributed by atoms with E-state index in [1.807, 2.05) is 12.1 Å². The van der Waals surface area contributed by atoms with Crippen LogP contribution in [0.15, 0.2) is 24.3 Å². The summed E-state index contributed by atoms with van der Waals surface area (Å²) in [6.07, 6.45) is -0.269. The number of benzene rings is 1. The number of aliphatic hydroxyl groups is 1. The molecule has 6 heteroatoms. The average Bonchev–Trinajstić information content (AvgIpc) is 2.34. The lowest BCUT2D eigenvalue weighted by Crippen LogP contribution is -2.26. The second-order valence-corrected chi connectivity index (χ2v) is 3.87. The van der Waals surface area contributed by atoms with Crippen LogP contribution < -0.4 is 4.74 Å². The Hall–Kier alpha value is -1.66. The third-order valence-electron chi connectivity index (χ3n) is 2.32. The zero-order valence-corrected chi connectivity index (χ0v) is 10.2. The third-order valence-corrected chi connectivity index (χ3v) is 2.32. The Morgan fingerprint density at radius 1 is 1.39 bits per heavy atom. The van der Waals surface area contributed by atoms with Gasteiger partial charge in [0, 0.05) is 12.0 Å². The van der Waals surface area contributed by atoms with Gasteiger partial charge in [0.1, 0.15) is 12.4 Å². The van der Waals surface area contributed by atoms with Gasteiger partial charge >= 0.3 is 0 Å². The van der Waals surface area contributed by atoms with E-state index in [0.29, 0.717) is 12.4 Å². The smallest absolute Gasteiger partial charge is 0.232 e. The summed E-state index contributed by atoms with van der Waals surface area (Å²) in [6.45, 7) is 0.0616. The van der Waals surface area contributed by atoms with Crippen molar-refractivity contribution in [3.63, 3.8) is 0 Å². The fourth-order valence-electron chi connectivity index (χ4n) is 1.39. The zero-order chi connectivity index (χ0) is 13.4. The maximum absolute atomic E-state index is 10.1. The number of methoxy groups -OCH3 is 1. The minimum Gasteiger partial charge on any atom is -0.491 e. The summed E-state index contributed by atoms with van der Waals surface area (Å²) < 4.78 is 10.2. The van der Waals surface area contributed by atoms with E-state index in [9.17, 15) is 15.2 Å². The molecule has 1 N–H and O–H groups in total. The van der Waals surface area contributed by atoms with Gasteiger partial charge in [-0.05, 0) is 24.1 Å². The summed E-state index contributed by atoms with van der Waals surface area (Å²) in [5.41, 5.74) is 1.12. The number of hydrogen-bond donors (Lipinski definition) is 1. The molecule has 0 spiro atoms. The molecule has 1 atom stereocenters. The van der Waals surface area contributed by atoms with Crippen molar-refractivity contribution in [3.8, 4) is 5.75 Å². The fourth-order valence-corrected chi connectivity index (χ4v) is 1.39. The third kappa shape index (κ3) is 5.60. The molecule has 0 fully saturated rings. The van der Waals surface area contributed by atoms with E-state index in [2.05, 4.69) is 0 Å². The van der Waals surface area contributed by atoms with Gasteiger partial charge in [0.15, 0.2) is 6.10 Å². The first kappa shape index (κ1) is 14.4. The first-order valence-corrected chi connectivity index (χ1v) is 5.62. The van der Waals surface area contributed by atoms with Crippen LogP contribution in [-0.2, 0) is 11.2 Å². The molecule has 0 amide bonds. The lowest BCUT2D eigenvalue weighted by Gasteiger charge is -2.09. The molecule has 0 heterocycles. The number of rotatable bonds is 8. The van der Waals surface area contributed by atoms with Gasteiger partial charge < -0.3 is 14.6 Å². The molecule has 0 aliphatic carbocycles. The summed E-state index contributed by atoms with van der Waals surface area (Å²) in [7, 11) is 1.65. The number of ether oxygens (including phenoxy) is 2. The predicted molar refractivity (Wildman–Crippen MR) is 65.4 cm³/mol. The van der Waals surface area contributed by atoms with Gasteiger partial charge in [0.25, 0.3) is 0 Å². The average molecular weight is 255 g/mol. The van der Waals surface area contributed by atoms with Crippen molar-refractivity contribution < 1.29 is 19.5 Å². The van der Waals surface area contributed by atoms with Crippen LogP contribution in [0, 0.1) is 10.1 Å². The molecule has 18 heavy (non-hydrogen) atoms. The normalized spacial score (nSPS) is 12.1. The molecule has 1 unspecified atom stereocenters. The SMILES string of the molecule is COCCc1ccc(OCC(O)C[N+](=O)[O-])cc1. The van der Waals surface area contributed by atoms with Crippen molar-refractivity contribution in [2.24, 2.45) is 0 Å². The van der Waals surface area contributed by atoms with Gasteiger partial charge in [-0.2, -0.15) is 0 Å². The summed E-state index contributed by atoms with van der Waals surface area (Å²) >= 11 is 0. The Balaban J connectivity index is 2.36. The van der Waals surface area contributed by atoms with Crippen molar-refractivity contribution in [1.29, 1.82) is 0 Å². The predicted octanol–water partition coefficient (Wildman–Crippen LogP) is 0.892. The highest BCUT2D eigenvalue weighted by Gasteiger charge is 2.11. The summed E-state index contributed by atoms with van der Waals surface area (Å²) in [6, 6.07) is 7.33. The molecular weight excluding hydrogens is 238 g/mol. The first-order chi connectivity index (χ1) is 8.61. The number of nitro groups is 1. The van der Waals surface area contributed by atoms with E-state index in [0.717, 1.165) is 12.0 Å². The van der Waals surface area contributed by atoms with E-state index in [1.54, 1.807) is 19.2 Å². The number of aliphatic hydroxyl groups excluding tert-OH is 1. The summed E-state index contributed by atoms with van der Waals surface area (Å²) in [4.78, 5) is 9.58. The van der Waals surface area contributed by atoms with E-state index in [4.69, 9.17) is 9.47 Å². The Kier molecular flexibility index (Phi) is 6.10. The number of hydrogen-bond acceptors (Lipinski definition) is 5. The Labute approximate surface area is 105 Å². The highest BCUT2D eigenvalue weighted by molar-refractivity contribution is 5.27. The van der Waals surface area contributed by atoms with Crippen molar-refractivity contribution in [1.82, 2.24) is 0 Å². The van der Waals surface area contributed by atoms with E-state index < -0.39 is 17.6 Å². The van der Waals surface area contributed by atoms with Crippen molar-refractivity contribution >= 4 is 0 Å². The topological polar surface area (TPSA) is 81.8 Å². The second-order valence-electron chi connectivity index (χ2n) is 3.87. The zero-order valence-electron chi connectivity index (χ0n) is 10.2. The van der Waals surface area contributed by atoms with Crippen molar-refractivity contribution in [2.45, 2.75) is 12.5 Å². The van der Waals surface area contributed by atoms with Gasteiger partial charge in [0.2, 0.25) is 6.54 Å². The highest BCUT2D eigenvalue weighted by atomic mass is 16.6. The molecule has 0 aliphatic rings. The van der Waals surface area contributed by atoms with Gasteiger partial charge in [-0.25, -0.2) is 0 Å². The molecule has 1 aromatic carbocycles. The van der Waals surface area contributed by atoms with Crippen LogP contribution in [0.25, 0.3) is 0 Å². The van der Waals surface area contributed by atoms with Crippen LogP contribution in [-0.4, -0.2) is 43.0 Å². The Bertz CT molecular complexity index is 365. The van der Waals surface area contributed by atoms with Crippen LogP contribution in [0.2, 0.25) is 0 Å². The Morgan fingerprint density at radius 2 is 2.06 bits per heavy atom. The maximum atomic E-state index is 10.1. The van der Waals surface area contributed by atoms with Crippen LogP contribution in [0.5, 0.6) is 5.75 Å². The molecule has 0 radical (unpaired) electrons. The van der Waals surface area contributed by atoms with Crippen LogP contribution in [0.1, 0.15) is 5.56 Å². The van der Waals surface area contributed by atoms with Gasteiger partial charge in [-0.3, -0.25) is 10.1 Å². The molecule has 0 bridgehead atoms. The lowest BCUT2D eigenvalue weighted by molar-refractivity contribution is -0.490. The maximum Gasteiger partial charge on any atom is 0.232 e. The van der Waals surface area contributed by atoms with E-state index in [-0.39, 0.29) is 6.61 Å². The molecule has 0 aromatic heterocycles. The molecule has 100 valence electrons. The van der Waals surface area contributed by atoms with Crippen molar-refractivity contribution in [3.05, 3.63) is 39.9 Å². The van der Waals surface area contributed by atoms with Crippen molar-refractivity contribution in [2.75, 3.05) is 26.9 Å². The molecule has 0 saturated carbocycles.